The Morgan fingerprint density at radius 2 is 2.19 bits per heavy atom. The van der Waals surface area contributed by atoms with Crippen molar-refractivity contribution in [2.24, 2.45) is 5.92 Å². The van der Waals surface area contributed by atoms with E-state index in [4.69, 9.17) is 4.74 Å². The summed E-state index contributed by atoms with van der Waals surface area (Å²) >= 11 is 0. The summed E-state index contributed by atoms with van der Waals surface area (Å²) in [6.07, 6.45) is 1.05. The number of nitrogens with one attached hydrogen (secondary N) is 1. The van der Waals surface area contributed by atoms with Crippen molar-refractivity contribution in [2.45, 2.75) is 33.2 Å². The van der Waals surface area contributed by atoms with Gasteiger partial charge in [-0.15, -0.1) is 0 Å². The maximum atomic E-state index is 12.8. The minimum absolute atomic E-state index is 0.105. The van der Waals surface area contributed by atoms with Gasteiger partial charge in [0.2, 0.25) is 0 Å². The fraction of sp³-hybridized carbons (Fsp3) is 0.588. The van der Waals surface area contributed by atoms with Crippen LogP contribution in [-0.2, 0) is 4.74 Å². The molecular formula is C17H26N2O2. The average Bonchev–Trinajstić information content (AvgIpc) is 2.97. The second kappa shape index (κ2) is 7.46. The highest BCUT2D eigenvalue weighted by Crippen LogP contribution is 2.20. The fourth-order valence-electron chi connectivity index (χ4n) is 2.67. The molecule has 1 N–H and O–H groups in total. The van der Waals surface area contributed by atoms with E-state index in [0.29, 0.717) is 12.0 Å². The molecule has 0 spiro atoms. The van der Waals surface area contributed by atoms with Gasteiger partial charge in [-0.05, 0) is 39.3 Å². The zero-order valence-electron chi connectivity index (χ0n) is 13.3. The molecule has 1 atom stereocenters. The van der Waals surface area contributed by atoms with Crippen molar-refractivity contribution >= 4 is 11.6 Å². The third kappa shape index (κ3) is 4.21. The Kier molecular flexibility index (Phi) is 5.62. The highest BCUT2D eigenvalue weighted by Gasteiger charge is 2.23. The van der Waals surface area contributed by atoms with Crippen LogP contribution in [0, 0.1) is 5.92 Å². The molecule has 0 aliphatic carbocycles. The summed E-state index contributed by atoms with van der Waals surface area (Å²) in [6, 6.07) is 8.06. The minimum Gasteiger partial charge on any atom is -0.382 e. The van der Waals surface area contributed by atoms with Gasteiger partial charge in [-0.2, -0.15) is 0 Å². The number of rotatable bonds is 6. The smallest absolute Gasteiger partial charge is 0.255 e. The number of hydrogen-bond donors (Lipinski definition) is 1. The molecule has 4 heteroatoms. The molecule has 116 valence electrons. The quantitative estimate of drug-likeness (QED) is 0.875. The summed E-state index contributed by atoms with van der Waals surface area (Å²) in [5.41, 5.74) is 1.67. The molecule has 0 bridgehead atoms. The van der Waals surface area contributed by atoms with Crippen molar-refractivity contribution in [2.75, 3.05) is 31.6 Å². The van der Waals surface area contributed by atoms with Gasteiger partial charge < -0.3 is 15.0 Å². The second-order valence-corrected chi connectivity index (χ2v) is 5.92. The van der Waals surface area contributed by atoms with Gasteiger partial charge in [0.15, 0.2) is 0 Å². The van der Waals surface area contributed by atoms with Gasteiger partial charge in [-0.25, -0.2) is 0 Å². The van der Waals surface area contributed by atoms with E-state index in [1.807, 2.05) is 36.1 Å². The summed E-state index contributed by atoms with van der Waals surface area (Å²) in [5.74, 6) is 0.576. The standard InChI is InChI=1S/C17H26N2O2/c1-4-19(11-14-9-10-21-12-14)17(20)15-7-5-6-8-16(15)18-13(2)3/h5-8,13-14,18H,4,9-12H2,1-3H3. The lowest BCUT2D eigenvalue weighted by molar-refractivity contribution is 0.0732. The lowest BCUT2D eigenvalue weighted by Crippen LogP contribution is -2.36. The van der Waals surface area contributed by atoms with E-state index >= 15 is 0 Å². The molecule has 0 saturated carbocycles. The first-order valence-electron chi connectivity index (χ1n) is 7.84. The van der Waals surface area contributed by atoms with E-state index in [-0.39, 0.29) is 5.91 Å². The number of amides is 1. The summed E-state index contributed by atoms with van der Waals surface area (Å²) in [5, 5.41) is 3.35. The predicted octanol–water partition coefficient (Wildman–Crippen LogP) is 3.01. The van der Waals surface area contributed by atoms with E-state index < -0.39 is 0 Å². The van der Waals surface area contributed by atoms with Gasteiger partial charge >= 0.3 is 0 Å². The van der Waals surface area contributed by atoms with Gasteiger partial charge in [0.1, 0.15) is 0 Å². The van der Waals surface area contributed by atoms with E-state index in [1.165, 1.54) is 0 Å². The maximum Gasteiger partial charge on any atom is 0.255 e. The molecule has 1 fully saturated rings. The summed E-state index contributed by atoms with van der Waals surface area (Å²) in [7, 11) is 0. The number of anilines is 1. The Labute approximate surface area is 127 Å². The highest BCUT2D eigenvalue weighted by atomic mass is 16.5. The first-order valence-corrected chi connectivity index (χ1v) is 7.84. The van der Waals surface area contributed by atoms with Crippen LogP contribution >= 0.6 is 0 Å². The summed E-state index contributed by atoms with van der Waals surface area (Å²) in [4.78, 5) is 14.7. The summed E-state index contributed by atoms with van der Waals surface area (Å²) in [6.45, 7) is 9.30. The van der Waals surface area contributed by atoms with Crippen LogP contribution in [0.3, 0.4) is 0 Å². The topological polar surface area (TPSA) is 41.6 Å². The number of carbonyl (C=O) groups is 1. The van der Waals surface area contributed by atoms with Gasteiger partial charge in [-0.1, -0.05) is 12.1 Å². The minimum atomic E-state index is 0.105. The molecule has 0 radical (unpaired) electrons. The fourth-order valence-corrected chi connectivity index (χ4v) is 2.67. The Morgan fingerprint density at radius 3 is 2.81 bits per heavy atom. The van der Waals surface area contributed by atoms with Gasteiger partial charge in [-0.3, -0.25) is 4.79 Å². The molecule has 21 heavy (non-hydrogen) atoms. The molecule has 1 aliphatic heterocycles. The van der Waals surface area contributed by atoms with Crippen LogP contribution in [0.1, 0.15) is 37.6 Å². The predicted molar refractivity (Wildman–Crippen MR) is 85.7 cm³/mol. The molecule has 1 aromatic rings. The molecule has 1 unspecified atom stereocenters. The van der Waals surface area contributed by atoms with Crippen LogP contribution in [0.4, 0.5) is 5.69 Å². The van der Waals surface area contributed by atoms with E-state index in [1.54, 1.807) is 0 Å². The Balaban J connectivity index is 2.12. The zero-order chi connectivity index (χ0) is 15.2. The van der Waals surface area contributed by atoms with Crippen molar-refractivity contribution in [3.8, 4) is 0 Å². The number of ether oxygens (including phenoxy) is 1. The second-order valence-electron chi connectivity index (χ2n) is 5.92. The van der Waals surface area contributed by atoms with Gasteiger partial charge in [0.25, 0.3) is 5.91 Å². The normalized spacial score (nSPS) is 18.0. The Bertz CT molecular complexity index is 468. The average molecular weight is 290 g/mol. The number of nitrogens with zero attached hydrogens (tertiary/aromatic N) is 1. The molecule has 0 aromatic heterocycles. The SMILES string of the molecule is CCN(CC1CCOC1)C(=O)c1ccccc1NC(C)C. The largest absolute Gasteiger partial charge is 0.382 e. The monoisotopic (exact) mass is 290 g/mol. The van der Waals surface area contributed by atoms with E-state index in [0.717, 1.165) is 44.0 Å². The molecule has 4 nitrogen and oxygen atoms in total. The molecule has 1 saturated heterocycles. The van der Waals surface area contributed by atoms with E-state index in [9.17, 15) is 4.79 Å². The van der Waals surface area contributed by atoms with Crippen molar-refractivity contribution in [1.29, 1.82) is 0 Å². The first kappa shape index (κ1) is 15.8. The number of hydrogen-bond acceptors (Lipinski definition) is 3. The van der Waals surface area contributed by atoms with Crippen LogP contribution in [0.2, 0.25) is 0 Å². The van der Waals surface area contributed by atoms with Crippen molar-refractivity contribution < 1.29 is 9.53 Å². The Morgan fingerprint density at radius 1 is 1.43 bits per heavy atom. The van der Waals surface area contributed by atoms with E-state index in [2.05, 4.69) is 19.2 Å². The number of benzene rings is 1. The van der Waals surface area contributed by atoms with Crippen LogP contribution in [0.15, 0.2) is 24.3 Å². The van der Waals surface area contributed by atoms with Gasteiger partial charge in [0.05, 0.1) is 12.2 Å². The third-order valence-electron chi connectivity index (χ3n) is 3.77. The molecule has 1 aliphatic rings. The number of para-hydroxylation sites is 1. The molecular weight excluding hydrogens is 264 g/mol. The molecule has 1 amide bonds. The van der Waals surface area contributed by atoms with Crippen molar-refractivity contribution in [3.63, 3.8) is 0 Å². The number of carbonyl (C=O) groups excluding carboxylic acids is 1. The van der Waals surface area contributed by atoms with Crippen molar-refractivity contribution in [1.82, 2.24) is 4.90 Å². The molecule has 2 rings (SSSR count). The lowest BCUT2D eigenvalue weighted by atomic mass is 10.1. The zero-order valence-corrected chi connectivity index (χ0v) is 13.3. The molecule has 1 aromatic carbocycles. The lowest BCUT2D eigenvalue weighted by Gasteiger charge is -2.25. The van der Waals surface area contributed by atoms with Crippen molar-refractivity contribution in [3.05, 3.63) is 29.8 Å². The summed E-state index contributed by atoms with van der Waals surface area (Å²) < 4.78 is 5.41. The van der Waals surface area contributed by atoms with Crippen LogP contribution in [0.25, 0.3) is 0 Å². The third-order valence-corrected chi connectivity index (χ3v) is 3.77. The van der Waals surface area contributed by atoms with Crippen LogP contribution < -0.4 is 5.32 Å². The van der Waals surface area contributed by atoms with Crippen LogP contribution in [0.5, 0.6) is 0 Å². The van der Waals surface area contributed by atoms with Gasteiger partial charge in [0, 0.05) is 37.3 Å². The van der Waals surface area contributed by atoms with Crippen LogP contribution in [-0.4, -0.2) is 43.2 Å². The first-order chi connectivity index (χ1) is 10.1. The maximum absolute atomic E-state index is 12.8. The Hall–Kier alpha value is -1.55. The highest BCUT2D eigenvalue weighted by molar-refractivity contribution is 5.99. The molecule has 1 heterocycles.